The smallest absolute Gasteiger partial charge is 0.123 e. The lowest BCUT2D eigenvalue weighted by Crippen LogP contribution is -2.55. The van der Waals surface area contributed by atoms with Gasteiger partial charge in [-0.3, -0.25) is 0 Å². The molecule has 1 aliphatic rings. The third-order valence-corrected chi connectivity index (χ3v) is 3.06. The van der Waals surface area contributed by atoms with Gasteiger partial charge in [-0.1, -0.05) is 12.1 Å². The van der Waals surface area contributed by atoms with Crippen LogP contribution >= 0.6 is 0 Å². The Morgan fingerprint density at radius 3 is 2.93 bits per heavy atom. The largest absolute Gasteiger partial charge is 0.305 e. The van der Waals surface area contributed by atoms with E-state index >= 15 is 0 Å². The van der Waals surface area contributed by atoms with Crippen molar-refractivity contribution in [2.45, 2.75) is 12.5 Å². The molecule has 0 radical (unpaired) electrons. The Balaban J connectivity index is 2.28. The molecule has 0 bridgehead atoms. The summed E-state index contributed by atoms with van der Waals surface area (Å²) in [5, 5.41) is 3.46. The van der Waals surface area contributed by atoms with E-state index in [0.29, 0.717) is 0 Å². The van der Waals surface area contributed by atoms with Crippen LogP contribution in [0.25, 0.3) is 0 Å². The van der Waals surface area contributed by atoms with E-state index in [4.69, 9.17) is 0 Å². The molecule has 1 saturated heterocycles. The van der Waals surface area contributed by atoms with Gasteiger partial charge in [-0.25, -0.2) is 4.39 Å². The van der Waals surface area contributed by atoms with E-state index in [1.807, 2.05) is 6.07 Å². The summed E-state index contributed by atoms with van der Waals surface area (Å²) in [6.07, 6.45) is 0. The summed E-state index contributed by atoms with van der Waals surface area (Å²) in [6, 6.07) is 6.85. The van der Waals surface area contributed by atoms with E-state index in [1.165, 1.54) is 6.07 Å². The summed E-state index contributed by atoms with van der Waals surface area (Å²) in [6.45, 7) is 5.03. The van der Waals surface area contributed by atoms with Gasteiger partial charge >= 0.3 is 0 Å². The standard InChI is InChI=1S/C12H17FN2/c1-12(9-15(2)7-6-14-12)10-4-3-5-11(13)8-10/h3-5,8,14H,6-7,9H2,1-2H3. The van der Waals surface area contributed by atoms with Crippen molar-refractivity contribution in [1.29, 1.82) is 0 Å². The third-order valence-electron chi connectivity index (χ3n) is 3.06. The van der Waals surface area contributed by atoms with Crippen LogP contribution in [0, 0.1) is 5.82 Å². The average molecular weight is 208 g/mol. The zero-order valence-electron chi connectivity index (χ0n) is 9.26. The van der Waals surface area contributed by atoms with Gasteiger partial charge in [0.05, 0.1) is 5.54 Å². The van der Waals surface area contributed by atoms with E-state index in [-0.39, 0.29) is 11.4 Å². The molecule has 1 aromatic rings. The second-order valence-electron chi connectivity index (χ2n) is 4.51. The van der Waals surface area contributed by atoms with Gasteiger partial charge in [0.1, 0.15) is 5.82 Å². The fraction of sp³-hybridized carbons (Fsp3) is 0.500. The maximum absolute atomic E-state index is 13.1. The molecule has 82 valence electrons. The molecule has 1 fully saturated rings. The van der Waals surface area contributed by atoms with Crippen LogP contribution in [0.5, 0.6) is 0 Å². The minimum absolute atomic E-state index is 0.130. The van der Waals surface area contributed by atoms with Gasteiger partial charge in [-0.05, 0) is 31.7 Å². The molecule has 0 aromatic heterocycles. The highest BCUT2D eigenvalue weighted by Gasteiger charge is 2.30. The van der Waals surface area contributed by atoms with Crippen molar-refractivity contribution in [1.82, 2.24) is 10.2 Å². The molecule has 0 aliphatic carbocycles. The number of nitrogens with zero attached hydrogens (tertiary/aromatic N) is 1. The molecule has 1 aliphatic heterocycles. The fourth-order valence-electron chi connectivity index (χ4n) is 2.22. The maximum Gasteiger partial charge on any atom is 0.123 e. The number of hydrogen-bond donors (Lipinski definition) is 1. The van der Waals surface area contributed by atoms with Crippen LogP contribution in [0.4, 0.5) is 4.39 Å². The predicted molar refractivity (Wildman–Crippen MR) is 59.3 cm³/mol. The molecule has 2 rings (SSSR count). The van der Waals surface area contributed by atoms with Crippen molar-refractivity contribution in [3.8, 4) is 0 Å². The topological polar surface area (TPSA) is 15.3 Å². The Hall–Kier alpha value is -0.930. The number of hydrogen-bond acceptors (Lipinski definition) is 2. The summed E-state index contributed by atoms with van der Waals surface area (Å²) in [5.41, 5.74) is 0.892. The van der Waals surface area contributed by atoms with Crippen molar-refractivity contribution in [2.24, 2.45) is 0 Å². The summed E-state index contributed by atoms with van der Waals surface area (Å²) in [7, 11) is 2.10. The third kappa shape index (κ3) is 2.19. The van der Waals surface area contributed by atoms with Gasteiger partial charge < -0.3 is 10.2 Å². The molecule has 0 spiro atoms. The summed E-state index contributed by atoms with van der Waals surface area (Å²) in [4.78, 5) is 2.27. The quantitative estimate of drug-likeness (QED) is 0.753. The average Bonchev–Trinajstić information content (AvgIpc) is 2.17. The SMILES string of the molecule is CN1CCNC(C)(c2cccc(F)c2)C1. The van der Waals surface area contributed by atoms with Crippen molar-refractivity contribution >= 4 is 0 Å². The number of nitrogens with one attached hydrogen (secondary N) is 1. The fourth-order valence-corrected chi connectivity index (χ4v) is 2.22. The molecular weight excluding hydrogens is 191 g/mol. The Bertz CT molecular complexity index is 353. The Labute approximate surface area is 90.1 Å². The lowest BCUT2D eigenvalue weighted by Gasteiger charge is -2.40. The highest BCUT2D eigenvalue weighted by atomic mass is 19.1. The van der Waals surface area contributed by atoms with Gasteiger partial charge in [-0.2, -0.15) is 0 Å². The number of halogens is 1. The molecule has 0 amide bonds. The van der Waals surface area contributed by atoms with Gasteiger partial charge in [0, 0.05) is 19.6 Å². The Morgan fingerprint density at radius 2 is 2.27 bits per heavy atom. The zero-order chi connectivity index (χ0) is 10.9. The number of rotatable bonds is 1. The number of piperazine rings is 1. The lowest BCUT2D eigenvalue weighted by atomic mass is 9.90. The summed E-state index contributed by atoms with van der Waals surface area (Å²) >= 11 is 0. The van der Waals surface area contributed by atoms with E-state index in [1.54, 1.807) is 12.1 Å². The van der Waals surface area contributed by atoms with E-state index in [2.05, 4.69) is 24.2 Å². The summed E-state index contributed by atoms with van der Waals surface area (Å²) in [5.74, 6) is -0.163. The van der Waals surface area contributed by atoms with Crippen LogP contribution in [-0.4, -0.2) is 31.6 Å². The second-order valence-corrected chi connectivity index (χ2v) is 4.51. The van der Waals surface area contributed by atoms with Crippen LogP contribution in [0.2, 0.25) is 0 Å². The monoisotopic (exact) mass is 208 g/mol. The Kier molecular flexibility index (Phi) is 2.76. The van der Waals surface area contributed by atoms with Crippen LogP contribution < -0.4 is 5.32 Å². The molecule has 1 atom stereocenters. The summed E-state index contributed by atoms with van der Waals surface area (Å²) < 4.78 is 13.1. The van der Waals surface area contributed by atoms with Crippen molar-refractivity contribution in [3.05, 3.63) is 35.6 Å². The number of benzene rings is 1. The molecule has 1 unspecified atom stereocenters. The highest BCUT2D eigenvalue weighted by Crippen LogP contribution is 2.24. The zero-order valence-corrected chi connectivity index (χ0v) is 9.26. The van der Waals surface area contributed by atoms with Crippen LogP contribution in [0.1, 0.15) is 12.5 Å². The van der Waals surface area contributed by atoms with Gasteiger partial charge in [0.2, 0.25) is 0 Å². The van der Waals surface area contributed by atoms with Crippen LogP contribution in [-0.2, 0) is 5.54 Å². The van der Waals surface area contributed by atoms with Crippen molar-refractivity contribution < 1.29 is 4.39 Å². The van der Waals surface area contributed by atoms with Crippen molar-refractivity contribution in [3.63, 3.8) is 0 Å². The second kappa shape index (κ2) is 3.91. The molecule has 1 N–H and O–H groups in total. The maximum atomic E-state index is 13.1. The van der Waals surface area contributed by atoms with E-state index < -0.39 is 0 Å². The molecule has 1 heterocycles. The van der Waals surface area contributed by atoms with Gasteiger partial charge in [0.15, 0.2) is 0 Å². The first-order chi connectivity index (χ1) is 7.10. The predicted octanol–water partition coefficient (Wildman–Crippen LogP) is 1.58. The van der Waals surface area contributed by atoms with E-state index in [9.17, 15) is 4.39 Å². The van der Waals surface area contributed by atoms with E-state index in [0.717, 1.165) is 25.2 Å². The molecule has 15 heavy (non-hydrogen) atoms. The first-order valence-corrected chi connectivity index (χ1v) is 5.30. The molecular formula is C12H17FN2. The minimum atomic E-state index is -0.163. The Morgan fingerprint density at radius 1 is 1.47 bits per heavy atom. The molecule has 2 nitrogen and oxygen atoms in total. The highest BCUT2D eigenvalue weighted by molar-refractivity contribution is 5.25. The first-order valence-electron chi connectivity index (χ1n) is 5.30. The first kappa shape index (κ1) is 10.6. The van der Waals surface area contributed by atoms with Gasteiger partial charge in [0.25, 0.3) is 0 Å². The van der Waals surface area contributed by atoms with Crippen LogP contribution in [0.15, 0.2) is 24.3 Å². The molecule has 0 saturated carbocycles. The minimum Gasteiger partial charge on any atom is -0.305 e. The normalized spacial score (nSPS) is 27.9. The number of likely N-dealkylation sites (N-methyl/N-ethyl adjacent to an activating group) is 1. The lowest BCUT2D eigenvalue weighted by molar-refractivity contribution is 0.171. The molecule has 3 heteroatoms. The van der Waals surface area contributed by atoms with Crippen molar-refractivity contribution in [2.75, 3.05) is 26.7 Å². The molecule has 1 aromatic carbocycles. The van der Waals surface area contributed by atoms with Crippen LogP contribution in [0.3, 0.4) is 0 Å². The van der Waals surface area contributed by atoms with Gasteiger partial charge in [-0.15, -0.1) is 0 Å².